The fourth-order valence-corrected chi connectivity index (χ4v) is 4.59. The summed E-state index contributed by atoms with van der Waals surface area (Å²) in [5.74, 6) is -0.925. The molecule has 0 bridgehead atoms. The Balaban J connectivity index is 1.82. The SMILES string of the molecule is CC(=O)Nc1ccc(C(C)=NNC(=O)CN(c2ccc([N+](=O)[O-])cc2)S(=O)(=O)c2ccccc2)cc1. The molecule has 0 saturated carbocycles. The Morgan fingerprint density at radius 1 is 0.944 bits per heavy atom. The van der Waals surface area contributed by atoms with Crippen LogP contribution >= 0.6 is 0 Å². The van der Waals surface area contributed by atoms with E-state index in [4.69, 9.17) is 0 Å². The van der Waals surface area contributed by atoms with Crippen LogP contribution in [0.5, 0.6) is 0 Å². The van der Waals surface area contributed by atoms with Gasteiger partial charge in [-0.05, 0) is 48.9 Å². The number of hydrazone groups is 1. The number of hydrogen-bond donors (Lipinski definition) is 2. The normalized spacial score (nSPS) is 11.4. The molecule has 0 spiro atoms. The number of sulfonamides is 1. The summed E-state index contributed by atoms with van der Waals surface area (Å²) in [5, 5.41) is 17.7. The first-order valence-electron chi connectivity index (χ1n) is 10.6. The highest BCUT2D eigenvalue weighted by atomic mass is 32.2. The van der Waals surface area contributed by atoms with Crippen molar-refractivity contribution >= 4 is 44.6 Å². The lowest BCUT2D eigenvalue weighted by Gasteiger charge is -2.23. The van der Waals surface area contributed by atoms with E-state index in [0.29, 0.717) is 17.0 Å². The molecule has 0 aliphatic rings. The number of rotatable bonds is 9. The molecule has 12 heteroatoms. The topological polar surface area (TPSA) is 151 Å². The van der Waals surface area contributed by atoms with Crippen molar-refractivity contribution in [2.75, 3.05) is 16.2 Å². The quantitative estimate of drug-likeness (QED) is 0.257. The van der Waals surface area contributed by atoms with E-state index in [1.165, 1.54) is 31.2 Å². The molecule has 2 N–H and O–H groups in total. The molecule has 0 radical (unpaired) electrons. The molecule has 0 saturated heterocycles. The second-order valence-electron chi connectivity index (χ2n) is 7.59. The second-order valence-corrected chi connectivity index (χ2v) is 9.45. The van der Waals surface area contributed by atoms with Gasteiger partial charge in [-0.1, -0.05) is 30.3 Å². The molecule has 0 unspecified atom stereocenters. The van der Waals surface area contributed by atoms with Gasteiger partial charge in [0.2, 0.25) is 5.91 Å². The second kappa shape index (κ2) is 11.2. The number of nitrogens with one attached hydrogen (secondary N) is 2. The minimum atomic E-state index is -4.17. The summed E-state index contributed by atoms with van der Waals surface area (Å²) in [4.78, 5) is 34.2. The van der Waals surface area contributed by atoms with Gasteiger partial charge in [0.1, 0.15) is 6.54 Å². The highest BCUT2D eigenvalue weighted by Gasteiger charge is 2.27. The van der Waals surface area contributed by atoms with Crippen LogP contribution in [0.4, 0.5) is 17.1 Å². The monoisotopic (exact) mass is 509 g/mol. The predicted octanol–water partition coefficient (Wildman–Crippen LogP) is 3.29. The molecule has 0 aliphatic heterocycles. The molecule has 0 atom stereocenters. The lowest BCUT2D eigenvalue weighted by Crippen LogP contribution is -2.39. The first-order chi connectivity index (χ1) is 17.1. The molecular weight excluding hydrogens is 486 g/mol. The Labute approximate surface area is 207 Å². The summed E-state index contributed by atoms with van der Waals surface area (Å²) in [6.07, 6.45) is 0. The molecule has 186 valence electrons. The highest BCUT2D eigenvalue weighted by molar-refractivity contribution is 7.92. The molecular formula is C24H23N5O6S. The van der Waals surface area contributed by atoms with Gasteiger partial charge in [-0.15, -0.1) is 0 Å². The maximum Gasteiger partial charge on any atom is 0.269 e. The van der Waals surface area contributed by atoms with Crippen LogP contribution in [0.15, 0.2) is 88.9 Å². The Kier molecular flexibility index (Phi) is 8.12. The van der Waals surface area contributed by atoms with Crippen LogP contribution in [-0.4, -0.2) is 37.4 Å². The number of nitrogens with zero attached hydrogens (tertiary/aromatic N) is 3. The average Bonchev–Trinajstić information content (AvgIpc) is 2.86. The zero-order chi connectivity index (χ0) is 26.3. The van der Waals surface area contributed by atoms with Gasteiger partial charge in [0.05, 0.1) is 21.2 Å². The largest absolute Gasteiger partial charge is 0.326 e. The zero-order valence-corrected chi connectivity index (χ0v) is 20.2. The van der Waals surface area contributed by atoms with Gasteiger partial charge < -0.3 is 5.32 Å². The Morgan fingerprint density at radius 2 is 1.56 bits per heavy atom. The van der Waals surface area contributed by atoms with E-state index in [0.717, 1.165) is 16.4 Å². The zero-order valence-electron chi connectivity index (χ0n) is 19.4. The summed E-state index contributed by atoms with van der Waals surface area (Å²) in [6.45, 7) is 2.43. The van der Waals surface area contributed by atoms with Crippen LogP contribution in [0.25, 0.3) is 0 Å². The molecule has 36 heavy (non-hydrogen) atoms. The Morgan fingerprint density at radius 3 is 2.11 bits per heavy atom. The van der Waals surface area contributed by atoms with Crippen molar-refractivity contribution in [2.24, 2.45) is 5.10 Å². The van der Waals surface area contributed by atoms with Crippen LogP contribution in [0, 0.1) is 10.1 Å². The number of carbonyl (C=O) groups excluding carboxylic acids is 2. The van der Waals surface area contributed by atoms with Crippen LogP contribution in [0.3, 0.4) is 0 Å². The summed E-state index contributed by atoms with van der Waals surface area (Å²) in [5.41, 5.74) is 3.93. The van der Waals surface area contributed by atoms with Gasteiger partial charge in [0, 0.05) is 24.7 Å². The number of hydrogen-bond acceptors (Lipinski definition) is 7. The van der Waals surface area contributed by atoms with Crippen LogP contribution in [0.1, 0.15) is 19.4 Å². The van der Waals surface area contributed by atoms with Gasteiger partial charge in [0.15, 0.2) is 0 Å². The molecule has 3 rings (SSSR count). The van der Waals surface area contributed by atoms with Crippen molar-refractivity contribution in [2.45, 2.75) is 18.7 Å². The van der Waals surface area contributed by atoms with Crippen molar-refractivity contribution in [3.8, 4) is 0 Å². The lowest BCUT2D eigenvalue weighted by atomic mass is 10.1. The summed E-state index contributed by atoms with van der Waals surface area (Å²) >= 11 is 0. The van der Waals surface area contributed by atoms with Crippen LogP contribution in [0.2, 0.25) is 0 Å². The first kappa shape index (κ1) is 26.0. The fraction of sp³-hybridized carbons (Fsp3) is 0.125. The van der Waals surface area contributed by atoms with E-state index in [1.54, 1.807) is 49.4 Å². The molecule has 0 aliphatic carbocycles. The minimum absolute atomic E-state index is 0.0462. The first-order valence-corrected chi connectivity index (χ1v) is 12.1. The number of nitro groups is 1. The number of anilines is 2. The minimum Gasteiger partial charge on any atom is -0.326 e. The maximum absolute atomic E-state index is 13.3. The molecule has 11 nitrogen and oxygen atoms in total. The third-order valence-corrected chi connectivity index (χ3v) is 6.73. The van der Waals surface area contributed by atoms with E-state index in [2.05, 4.69) is 15.8 Å². The number of amides is 2. The third kappa shape index (κ3) is 6.51. The van der Waals surface area contributed by atoms with Crippen LogP contribution in [-0.2, 0) is 19.6 Å². The molecule has 3 aromatic carbocycles. The smallest absolute Gasteiger partial charge is 0.269 e. The van der Waals surface area contributed by atoms with E-state index in [1.807, 2.05) is 0 Å². The highest BCUT2D eigenvalue weighted by Crippen LogP contribution is 2.25. The number of carbonyl (C=O) groups is 2. The van der Waals surface area contributed by atoms with Crippen molar-refractivity contribution in [3.05, 3.63) is 94.5 Å². The van der Waals surface area contributed by atoms with Gasteiger partial charge in [-0.2, -0.15) is 5.10 Å². The summed E-state index contributed by atoms with van der Waals surface area (Å²) in [6, 6.07) is 19.1. The fourth-order valence-electron chi connectivity index (χ4n) is 3.15. The molecule has 0 aromatic heterocycles. The van der Waals surface area contributed by atoms with Crippen molar-refractivity contribution in [1.29, 1.82) is 0 Å². The average molecular weight is 510 g/mol. The third-order valence-electron chi connectivity index (χ3n) is 4.94. The van der Waals surface area contributed by atoms with Crippen molar-refractivity contribution in [1.82, 2.24) is 5.43 Å². The number of benzene rings is 3. The molecule has 0 fully saturated rings. The van der Waals surface area contributed by atoms with Crippen molar-refractivity contribution in [3.63, 3.8) is 0 Å². The van der Waals surface area contributed by atoms with E-state index >= 15 is 0 Å². The molecule has 0 heterocycles. The molecule has 3 aromatic rings. The Bertz CT molecular complexity index is 1390. The summed E-state index contributed by atoms with van der Waals surface area (Å²) < 4.78 is 27.5. The van der Waals surface area contributed by atoms with E-state index < -0.39 is 27.4 Å². The molecule has 2 amide bonds. The number of nitro benzene ring substituents is 1. The van der Waals surface area contributed by atoms with Crippen molar-refractivity contribution < 1.29 is 22.9 Å². The van der Waals surface area contributed by atoms with Gasteiger partial charge in [0.25, 0.3) is 21.6 Å². The summed E-state index contributed by atoms with van der Waals surface area (Å²) in [7, 11) is -4.17. The predicted molar refractivity (Wildman–Crippen MR) is 135 cm³/mol. The van der Waals surface area contributed by atoms with Gasteiger partial charge >= 0.3 is 0 Å². The Hall–Kier alpha value is -4.58. The van der Waals surface area contributed by atoms with Gasteiger partial charge in [-0.3, -0.25) is 24.0 Å². The van der Waals surface area contributed by atoms with E-state index in [9.17, 15) is 28.1 Å². The van der Waals surface area contributed by atoms with Crippen LogP contribution < -0.4 is 15.0 Å². The standard InChI is InChI=1S/C24H23N5O6S/c1-17(19-8-10-20(11-9-19)25-18(2)30)26-27-24(31)16-28(21-12-14-22(15-13-21)29(32)33)36(34,35)23-6-4-3-5-7-23/h3-15H,16H2,1-2H3,(H,25,30)(H,27,31). The maximum atomic E-state index is 13.3. The number of non-ortho nitro benzene ring substituents is 1. The van der Waals surface area contributed by atoms with E-state index in [-0.39, 0.29) is 22.2 Å². The lowest BCUT2D eigenvalue weighted by molar-refractivity contribution is -0.384. The van der Waals surface area contributed by atoms with Gasteiger partial charge in [-0.25, -0.2) is 13.8 Å².